The van der Waals surface area contributed by atoms with E-state index in [1.165, 1.54) is 0 Å². The fraction of sp³-hybridized carbons (Fsp3) is 0.160. The minimum atomic E-state index is -0.365. The average molecular weight is 514 g/mol. The smallest absolute Gasteiger partial charge is 0.264 e. The second kappa shape index (κ2) is 10.4. The number of halogens is 2. The fourth-order valence-electron chi connectivity index (χ4n) is 3.37. The highest BCUT2D eigenvalue weighted by Crippen LogP contribution is 2.26. The van der Waals surface area contributed by atoms with Crippen LogP contribution in [0.5, 0.6) is 5.75 Å². The highest BCUT2D eigenvalue weighted by molar-refractivity contribution is 7.80. The molecular formula is C25H21Cl2N3O3S. The van der Waals surface area contributed by atoms with Crippen molar-refractivity contribution in [1.82, 2.24) is 10.3 Å². The van der Waals surface area contributed by atoms with Crippen molar-refractivity contribution in [1.29, 1.82) is 0 Å². The normalized spacial score (nSPS) is 10.8. The topological polar surface area (TPSA) is 76.4 Å². The molecule has 6 nitrogen and oxygen atoms in total. The molecule has 4 aromatic rings. The SMILES string of the molecule is Cc1cc(OCC(=O)NC(=S)Nc2ccc(Cc3nc4cc(Cl)ccc4o3)cc2)cc(C)c1Cl. The first-order valence-corrected chi connectivity index (χ1v) is 11.6. The van der Waals surface area contributed by atoms with Gasteiger partial charge in [-0.2, -0.15) is 0 Å². The summed E-state index contributed by atoms with van der Waals surface area (Å²) in [5.74, 6) is 0.813. The zero-order valence-electron chi connectivity index (χ0n) is 18.4. The summed E-state index contributed by atoms with van der Waals surface area (Å²) in [6.07, 6.45) is 0.536. The van der Waals surface area contributed by atoms with Crippen LogP contribution in [0.1, 0.15) is 22.6 Å². The molecule has 0 unspecified atom stereocenters. The minimum Gasteiger partial charge on any atom is -0.484 e. The molecule has 1 amide bonds. The first-order chi connectivity index (χ1) is 16.3. The second-order valence-electron chi connectivity index (χ2n) is 7.76. The molecule has 9 heteroatoms. The molecule has 0 aliphatic heterocycles. The average Bonchev–Trinajstić information content (AvgIpc) is 3.18. The molecule has 1 heterocycles. The van der Waals surface area contributed by atoms with Gasteiger partial charge in [0.1, 0.15) is 11.3 Å². The molecule has 3 aromatic carbocycles. The van der Waals surface area contributed by atoms with Gasteiger partial charge in [0.25, 0.3) is 5.91 Å². The van der Waals surface area contributed by atoms with Crippen molar-refractivity contribution in [2.75, 3.05) is 11.9 Å². The molecule has 2 N–H and O–H groups in total. The van der Waals surface area contributed by atoms with Gasteiger partial charge in [-0.1, -0.05) is 35.3 Å². The van der Waals surface area contributed by atoms with E-state index in [2.05, 4.69) is 15.6 Å². The molecule has 0 fully saturated rings. The quantitative estimate of drug-likeness (QED) is 0.297. The molecule has 0 bridgehead atoms. The van der Waals surface area contributed by atoms with Crippen LogP contribution >= 0.6 is 35.4 Å². The number of aromatic nitrogens is 1. The van der Waals surface area contributed by atoms with E-state index in [1.54, 1.807) is 30.3 Å². The largest absolute Gasteiger partial charge is 0.484 e. The number of carbonyl (C=O) groups excluding carboxylic acids is 1. The molecule has 0 saturated heterocycles. The number of anilines is 1. The van der Waals surface area contributed by atoms with Crippen LogP contribution in [0.4, 0.5) is 5.69 Å². The van der Waals surface area contributed by atoms with Gasteiger partial charge >= 0.3 is 0 Å². The number of amides is 1. The highest BCUT2D eigenvalue weighted by atomic mass is 35.5. The number of aryl methyl sites for hydroxylation is 2. The van der Waals surface area contributed by atoms with E-state index in [0.717, 1.165) is 27.9 Å². The predicted molar refractivity (Wildman–Crippen MR) is 139 cm³/mol. The van der Waals surface area contributed by atoms with E-state index in [1.807, 2.05) is 38.1 Å². The number of hydrogen-bond acceptors (Lipinski definition) is 5. The van der Waals surface area contributed by atoms with Crippen molar-refractivity contribution in [3.05, 3.63) is 87.2 Å². The van der Waals surface area contributed by atoms with Gasteiger partial charge in [0, 0.05) is 22.2 Å². The maximum Gasteiger partial charge on any atom is 0.264 e. The highest BCUT2D eigenvalue weighted by Gasteiger charge is 2.10. The van der Waals surface area contributed by atoms with Gasteiger partial charge in [0.2, 0.25) is 0 Å². The number of nitrogens with one attached hydrogen (secondary N) is 2. The molecule has 0 aliphatic rings. The van der Waals surface area contributed by atoms with Gasteiger partial charge in [-0.05, 0) is 85.2 Å². The predicted octanol–water partition coefficient (Wildman–Crippen LogP) is 6.23. The molecule has 4 rings (SSSR count). The Morgan fingerprint density at radius 1 is 1.06 bits per heavy atom. The number of rotatable bonds is 6. The Labute approximate surface area is 212 Å². The summed E-state index contributed by atoms with van der Waals surface area (Å²) in [4.78, 5) is 16.7. The third kappa shape index (κ3) is 6.05. The second-order valence-corrected chi connectivity index (χ2v) is 8.98. The molecule has 0 spiro atoms. The molecule has 0 saturated carbocycles. The maximum absolute atomic E-state index is 12.2. The zero-order valence-corrected chi connectivity index (χ0v) is 20.8. The summed E-state index contributed by atoms with van der Waals surface area (Å²) in [7, 11) is 0. The van der Waals surface area contributed by atoms with Gasteiger partial charge in [-0.15, -0.1) is 0 Å². The molecule has 1 aromatic heterocycles. The van der Waals surface area contributed by atoms with E-state index >= 15 is 0 Å². The number of fused-ring (bicyclic) bond motifs is 1. The molecular weight excluding hydrogens is 493 g/mol. The Hall–Kier alpha value is -3.13. The number of oxazole rings is 1. The first kappa shape index (κ1) is 24.0. The van der Waals surface area contributed by atoms with Crippen molar-refractivity contribution in [2.24, 2.45) is 0 Å². The van der Waals surface area contributed by atoms with Crippen LogP contribution in [0, 0.1) is 13.8 Å². The van der Waals surface area contributed by atoms with Crippen LogP contribution in [-0.2, 0) is 11.2 Å². The van der Waals surface area contributed by atoms with E-state index in [9.17, 15) is 4.79 Å². The lowest BCUT2D eigenvalue weighted by atomic mass is 10.1. The summed E-state index contributed by atoms with van der Waals surface area (Å²) in [5, 5.41) is 7.08. The van der Waals surface area contributed by atoms with E-state index in [0.29, 0.717) is 33.7 Å². The zero-order chi connectivity index (χ0) is 24.2. The van der Waals surface area contributed by atoms with Gasteiger partial charge < -0.3 is 14.5 Å². The lowest BCUT2D eigenvalue weighted by Crippen LogP contribution is -2.37. The molecule has 0 aliphatic carbocycles. The van der Waals surface area contributed by atoms with Gasteiger partial charge in [-0.25, -0.2) is 4.98 Å². The van der Waals surface area contributed by atoms with Crippen LogP contribution in [-0.4, -0.2) is 22.6 Å². The van der Waals surface area contributed by atoms with Crippen LogP contribution in [0.3, 0.4) is 0 Å². The van der Waals surface area contributed by atoms with Crippen LogP contribution < -0.4 is 15.4 Å². The Bertz CT molecular complexity index is 1350. The van der Waals surface area contributed by atoms with Crippen molar-refractivity contribution in [3.63, 3.8) is 0 Å². The van der Waals surface area contributed by atoms with Crippen molar-refractivity contribution < 1.29 is 13.9 Å². The summed E-state index contributed by atoms with van der Waals surface area (Å²) < 4.78 is 11.3. The van der Waals surface area contributed by atoms with Crippen molar-refractivity contribution >= 4 is 63.2 Å². The number of benzene rings is 3. The number of nitrogens with zero attached hydrogens (tertiary/aromatic N) is 1. The Morgan fingerprint density at radius 3 is 2.47 bits per heavy atom. The van der Waals surface area contributed by atoms with E-state index in [-0.39, 0.29) is 17.6 Å². The summed E-state index contributed by atoms with van der Waals surface area (Å²) in [5.41, 5.74) is 4.95. The van der Waals surface area contributed by atoms with Gasteiger partial charge in [-0.3, -0.25) is 10.1 Å². The number of carbonyl (C=O) groups is 1. The lowest BCUT2D eigenvalue weighted by molar-refractivity contribution is -0.121. The molecule has 34 heavy (non-hydrogen) atoms. The summed E-state index contributed by atoms with van der Waals surface area (Å²) in [6.45, 7) is 3.60. The standard InChI is InChI=1S/C25H21Cl2N3O3S/c1-14-9-19(10-15(2)24(14)27)32-13-22(31)30-25(34)28-18-6-3-16(4-7-18)11-23-29-20-12-17(26)5-8-21(20)33-23/h3-10,12H,11,13H2,1-2H3,(H2,28,30,31,34). The van der Waals surface area contributed by atoms with Crippen LogP contribution in [0.15, 0.2) is 59.0 Å². The Morgan fingerprint density at radius 2 is 1.76 bits per heavy atom. The molecule has 0 atom stereocenters. The first-order valence-electron chi connectivity index (χ1n) is 10.4. The van der Waals surface area contributed by atoms with E-state index < -0.39 is 0 Å². The van der Waals surface area contributed by atoms with Crippen molar-refractivity contribution in [2.45, 2.75) is 20.3 Å². The maximum atomic E-state index is 12.2. The third-order valence-corrected chi connectivity index (χ3v) is 6.03. The van der Waals surface area contributed by atoms with Crippen LogP contribution in [0.2, 0.25) is 10.0 Å². The minimum absolute atomic E-state index is 0.170. The van der Waals surface area contributed by atoms with Crippen molar-refractivity contribution in [3.8, 4) is 5.75 Å². The summed E-state index contributed by atoms with van der Waals surface area (Å²) >= 11 is 17.4. The van der Waals surface area contributed by atoms with Gasteiger partial charge in [0.05, 0.1) is 0 Å². The van der Waals surface area contributed by atoms with Crippen LogP contribution in [0.25, 0.3) is 11.1 Å². The Balaban J connectivity index is 1.27. The Kier molecular flexibility index (Phi) is 7.36. The third-order valence-electron chi connectivity index (χ3n) is 4.99. The number of ether oxygens (including phenoxy) is 1. The lowest BCUT2D eigenvalue weighted by Gasteiger charge is -2.12. The van der Waals surface area contributed by atoms with Gasteiger partial charge in [0.15, 0.2) is 23.2 Å². The number of thiocarbonyl (C=S) groups is 1. The van der Waals surface area contributed by atoms with E-state index in [4.69, 9.17) is 44.6 Å². The summed E-state index contributed by atoms with van der Waals surface area (Å²) in [6, 6.07) is 16.5. The molecule has 0 radical (unpaired) electrons. The fourth-order valence-corrected chi connectivity index (χ4v) is 3.88. The monoisotopic (exact) mass is 513 g/mol. The molecule has 174 valence electrons. The number of hydrogen-bond donors (Lipinski definition) is 2.